The van der Waals surface area contributed by atoms with Crippen LogP contribution in [0.4, 0.5) is 4.79 Å². The molecule has 4 rings (SSSR count). The van der Waals surface area contributed by atoms with Gasteiger partial charge < -0.3 is 20.1 Å². The summed E-state index contributed by atoms with van der Waals surface area (Å²) in [7, 11) is 1.56. The number of rotatable bonds is 12. The molecule has 40 heavy (non-hydrogen) atoms. The highest BCUT2D eigenvalue weighted by Gasteiger charge is 2.27. The number of benzene rings is 4. The van der Waals surface area contributed by atoms with Gasteiger partial charge in [0, 0.05) is 20.0 Å². The van der Waals surface area contributed by atoms with E-state index in [9.17, 15) is 19.5 Å². The van der Waals surface area contributed by atoms with E-state index >= 15 is 0 Å². The van der Waals surface area contributed by atoms with Crippen molar-refractivity contribution >= 4 is 28.7 Å². The first-order chi connectivity index (χ1) is 19.4. The lowest BCUT2D eigenvalue weighted by Crippen LogP contribution is -2.49. The number of nitrogens with zero attached hydrogens (tertiary/aromatic N) is 1. The fraction of sp³-hybridized carbons (Fsp3) is 0.242. The summed E-state index contributed by atoms with van der Waals surface area (Å²) >= 11 is 0. The second kappa shape index (κ2) is 13.9. The zero-order valence-electron chi connectivity index (χ0n) is 22.5. The molecule has 7 heteroatoms. The zero-order chi connectivity index (χ0) is 28.3. The molecule has 0 spiro atoms. The van der Waals surface area contributed by atoms with Crippen LogP contribution in [0.5, 0.6) is 0 Å². The number of aryl methyl sites for hydroxylation is 1. The third-order valence-corrected chi connectivity index (χ3v) is 6.87. The molecule has 0 radical (unpaired) electrons. The number of carboxylic acids is 1. The number of amides is 2. The van der Waals surface area contributed by atoms with Crippen LogP contribution in [-0.4, -0.2) is 47.6 Å². The van der Waals surface area contributed by atoms with Crippen molar-refractivity contribution in [1.82, 2.24) is 10.2 Å². The Kier molecular flexibility index (Phi) is 9.88. The standard InChI is InChI=1S/C33H34N2O5/c1-35(33(39)34-30(31(36)37)21-26-17-18-27-14-8-9-15-28(27)20-26)22-29(19-16-24-10-4-2-5-11-24)32(38)40-23-25-12-6-3-7-13-25/h2-15,17-18,20,29-30H,16,19,21-23H2,1H3,(H,34,39)(H,36,37)/t29-,30-/m0/s1. The molecule has 0 bridgehead atoms. The predicted octanol–water partition coefficient (Wildman–Crippen LogP) is 5.47. The number of ether oxygens (including phenoxy) is 1. The van der Waals surface area contributed by atoms with E-state index in [1.165, 1.54) is 4.90 Å². The largest absolute Gasteiger partial charge is 0.480 e. The minimum absolute atomic E-state index is 0.0919. The van der Waals surface area contributed by atoms with Gasteiger partial charge >= 0.3 is 18.0 Å². The summed E-state index contributed by atoms with van der Waals surface area (Å²) in [6.07, 6.45) is 1.26. The highest BCUT2D eigenvalue weighted by Crippen LogP contribution is 2.18. The van der Waals surface area contributed by atoms with E-state index in [4.69, 9.17) is 4.74 Å². The molecule has 0 aliphatic rings. The quantitative estimate of drug-likeness (QED) is 0.233. The van der Waals surface area contributed by atoms with E-state index in [1.807, 2.05) is 103 Å². The summed E-state index contributed by atoms with van der Waals surface area (Å²) in [5, 5.41) is 14.5. The van der Waals surface area contributed by atoms with Gasteiger partial charge in [-0.05, 0) is 40.3 Å². The monoisotopic (exact) mass is 538 g/mol. The number of carbonyl (C=O) groups excluding carboxylic acids is 2. The van der Waals surface area contributed by atoms with Crippen LogP contribution in [0, 0.1) is 5.92 Å². The van der Waals surface area contributed by atoms with Crippen molar-refractivity contribution in [3.8, 4) is 0 Å². The van der Waals surface area contributed by atoms with E-state index in [0.717, 1.165) is 27.5 Å². The number of esters is 1. The van der Waals surface area contributed by atoms with Gasteiger partial charge in [-0.25, -0.2) is 9.59 Å². The lowest BCUT2D eigenvalue weighted by molar-refractivity contribution is -0.150. The number of fused-ring (bicyclic) bond motifs is 1. The van der Waals surface area contributed by atoms with Gasteiger partial charge in [-0.1, -0.05) is 103 Å². The van der Waals surface area contributed by atoms with Crippen LogP contribution >= 0.6 is 0 Å². The maximum Gasteiger partial charge on any atom is 0.326 e. The van der Waals surface area contributed by atoms with Crippen LogP contribution in [0.15, 0.2) is 103 Å². The fourth-order valence-electron chi connectivity index (χ4n) is 4.59. The van der Waals surface area contributed by atoms with Gasteiger partial charge in [0.15, 0.2) is 0 Å². The Morgan fingerprint density at radius 3 is 2.10 bits per heavy atom. The van der Waals surface area contributed by atoms with E-state index in [-0.39, 0.29) is 19.6 Å². The lowest BCUT2D eigenvalue weighted by atomic mass is 9.99. The number of carbonyl (C=O) groups is 3. The third kappa shape index (κ3) is 8.17. The average Bonchev–Trinajstić information content (AvgIpc) is 2.98. The van der Waals surface area contributed by atoms with Crippen molar-refractivity contribution in [2.24, 2.45) is 5.92 Å². The van der Waals surface area contributed by atoms with Crippen LogP contribution in [0.25, 0.3) is 10.8 Å². The molecule has 0 unspecified atom stereocenters. The molecular formula is C33H34N2O5. The number of hydrogen-bond donors (Lipinski definition) is 2. The smallest absolute Gasteiger partial charge is 0.326 e. The molecule has 0 saturated heterocycles. The number of hydrogen-bond acceptors (Lipinski definition) is 4. The van der Waals surface area contributed by atoms with Gasteiger partial charge in [0.05, 0.1) is 5.92 Å². The van der Waals surface area contributed by atoms with Gasteiger partial charge in [-0.3, -0.25) is 4.79 Å². The first-order valence-corrected chi connectivity index (χ1v) is 13.4. The van der Waals surface area contributed by atoms with E-state index in [0.29, 0.717) is 12.8 Å². The predicted molar refractivity (Wildman–Crippen MR) is 155 cm³/mol. The van der Waals surface area contributed by atoms with Gasteiger partial charge in [0.25, 0.3) is 0 Å². The number of aliphatic carboxylic acids is 1. The van der Waals surface area contributed by atoms with Crippen molar-refractivity contribution in [2.75, 3.05) is 13.6 Å². The van der Waals surface area contributed by atoms with Gasteiger partial charge in [0.2, 0.25) is 0 Å². The summed E-state index contributed by atoms with van der Waals surface area (Å²) < 4.78 is 5.60. The summed E-state index contributed by atoms with van der Waals surface area (Å²) in [5.74, 6) is -2.10. The van der Waals surface area contributed by atoms with Gasteiger partial charge in [-0.15, -0.1) is 0 Å². The number of carboxylic acid groups (broad SMARTS) is 1. The molecule has 2 amide bonds. The minimum atomic E-state index is -1.13. The third-order valence-electron chi connectivity index (χ3n) is 6.87. The SMILES string of the molecule is CN(C[C@H](CCc1ccccc1)C(=O)OCc1ccccc1)C(=O)N[C@@H](Cc1ccc2ccccc2c1)C(=O)O. The molecule has 0 aliphatic carbocycles. The lowest BCUT2D eigenvalue weighted by Gasteiger charge is -2.25. The van der Waals surface area contributed by atoms with E-state index in [1.54, 1.807) is 7.05 Å². The maximum atomic E-state index is 13.1. The summed E-state index contributed by atoms with van der Waals surface area (Å²) in [6, 6.07) is 31.1. The van der Waals surface area contributed by atoms with Crippen LogP contribution in [0.3, 0.4) is 0 Å². The van der Waals surface area contributed by atoms with Crippen molar-refractivity contribution in [1.29, 1.82) is 0 Å². The molecule has 2 N–H and O–H groups in total. The number of urea groups is 1. The molecular weight excluding hydrogens is 504 g/mol. The van der Waals surface area contributed by atoms with Gasteiger partial charge in [-0.2, -0.15) is 0 Å². The molecule has 7 nitrogen and oxygen atoms in total. The van der Waals surface area contributed by atoms with E-state index in [2.05, 4.69) is 5.32 Å². The molecule has 2 atom stereocenters. The molecule has 0 aromatic heterocycles. The second-order valence-electron chi connectivity index (χ2n) is 9.92. The Morgan fingerprint density at radius 1 is 0.800 bits per heavy atom. The average molecular weight is 539 g/mol. The molecule has 4 aromatic carbocycles. The first kappa shape index (κ1) is 28.4. The normalized spacial score (nSPS) is 12.3. The minimum Gasteiger partial charge on any atom is -0.480 e. The van der Waals surface area contributed by atoms with Crippen LogP contribution in [0.2, 0.25) is 0 Å². The van der Waals surface area contributed by atoms with Crippen LogP contribution in [0.1, 0.15) is 23.1 Å². The Balaban J connectivity index is 1.40. The molecule has 0 saturated carbocycles. The highest BCUT2D eigenvalue weighted by molar-refractivity contribution is 5.85. The molecule has 206 valence electrons. The molecule has 0 aliphatic heterocycles. The molecule has 4 aromatic rings. The van der Waals surface area contributed by atoms with Crippen molar-refractivity contribution in [3.05, 3.63) is 120 Å². The van der Waals surface area contributed by atoms with Crippen LogP contribution in [-0.2, 0) is 33.8 Å². The zero-order valence-corrected chi connectivity index (χ0v) is 22.5. The summed E-state index contributed by atoms with van der Waals surface area (Å²) in [5.41, 5.74) is 2.76. The topological polar surface area (TPSA) is 95.9 Å². The van der Waals surface area contributed by atoms with E-state index < -0.39 is 29.9 Å². The number of nitrogens with one attached hydrogen (secondary N) is 1. The fourth-order valence-corrected chi connectivity index (χ4v) is 4.59. The Labute approximate surface area is 234 Å². The maximum absolute atomic E-state index is 13.1. The van der Waals surface area contributed by atoms with Crippen molar-refractivity contribution in [2.45, 2.75) is 31.9 Å². The van der Waals surface area contributed by atoms with Gasteiger partial charge in [0.1, 0.15) is 12.6 Å². The van der Waals surface area contributed by atoms with Crippen molar-refractivity contribution < 1.29 is 24.2 Å². The summed E-state index contributed by atoms with van der Waals surface area (Å²) in [6.45, 7) is 0.235. The first-order valence-electron chi connectivity index (χ1n) is 13.4. The van der Waals surface area contributed by atoms with Crippen LogP contribution < -0.4 is 5.32 Å². The summed E-state index contributed by atoms with van der Waals surface area (Å²) in [4.78, 5) is 39.6. The Bertz CT molecular complexity index is 1420. The van der Waals surface area contributed by atoms with Crippen molar-refractivity contribution in [3.63, 3.8) is 0 Å². The Morgan fingerprint density at radius 2 is 1.43 bits per heavy atom. The molecule has 0 heterocycles. The molecule has 0 fully saturated rings. The Hall–Kier alpha value is -4.65. The second-order valence-corrected chi connectivity index (χ2v) is 9.92. The highest BCUT2D eigenvalue weighted by atomic mass is 16.5.